The van der Waals surface area contributed by atoms with E-state index < -0.39 is 0 Å². The molecule has 0 heterocycles. The fraction of sp³-hybridized carbons (Fsp3) is 0.938. The molecule has 3 aliphatic carbocycles. The molecular formula is C16H26O2. The summed E-state index contributed by atoms with van der Waals surface area (Å²) < 4.78 is 5.06. The minimum absolute atomic E-state index is 0.628. The Balaban J connectivity index is 1.77. The normalized spacial score (nSPS) is 50.7. The zero-order chi connectivity index (χ0) is 12.7. The van der Waals surface area contributed by atoms with Crippen molar-refractivity contribution in [1.82, 2.24) is 0 Å². The molecule has 3 fully saturated rings. The maximum atomic E-state index is 10.4. The van der Waals surface area contributed by atoms with E-state index in [2.05, 4.69) is 13.8 Å². The van der Waals surface area contributed by atoms with Crippen LogP contribution in [0.2, 0.25) is 0 Å². The molecule has 0 aromatic carbocycles. The minimum atomic E-state index is 0.628. The van der Waals surface area contributed by atoms with Gasteiger partial charge < -0.3 is 4.74 Å². The number of hydrogen-bond donors (Lipinski definition) is 0. The van der Waals surface area contributed by atoms with Crippen LogP contribution >= 0.6 is 0 Å². The van der Waals surface area contributed by atoms with Gasteiger partial charge in [-0.3, -0.25) is 4.79 Å². The summed E-state index contributed by atoms with van der Waals surface area (Å²) in [5, 5.41) is 0. The first-order chi connectivity index (χ1) is 8.72. The van der Waals surface area contributed by atoms with E-state index in [0.29, 0.717) is 19.0 Å². The third-order valence-electron chi connectivity index (χ3n) is 6.28. The van der Waals surface area contributed by atoms with Crippen LogP contribution in [0.4, 0.5) is 0 Å². The average Bonchev–Trinajstić information content (AvgIpc) is 2.88. The van der Waals surface area contributed by atoms with E-state index in [4.69, 9.17) is 4.74 Å². The molecule has 3 saturated carbocycles. The van der Waals surface area contributed by atoms with Crippen molar-refractivity contribution in [3.8, 4) is 0 Å². The SMILES string of the molecule is CC1CCCC(C)C2C3CC(CC3COC=O)C12. The zero-order valence-corrected chi connectivity index (χ0v) is 11.7. The van der Waals surface area contributed by atoms with Crippen molar-refractivity contribution in [3.05, 3.63) is 0 Å². The molecular weight excluding hydrogens is 224 g/mol. The van der Waals surface area contributed by atoms with E-state index in [1.54, 1.807) is 0 Å². The predicted octanol–water partition coefficient (Wildman–Crippen LogP) is 3.50. The Morgan fingerprint density at radius 3 is 2.56 bits per heavy atom. The highest BCUT2D eigenvalue weighted by atomic mass is 16.5. The van der Waals surface area contributed by atoms with Crippen LogP contribution in [0.25, 0.3) is 0 Å². The van der Waals surface area contributed by atoms with Gasteiger partial charge in [0.25, 0.3) is 6.47 Å². The van der Waals surface area contributed by atoms with Crippen molar-refractivity contribution >= 4 is 6.47 Å². The fourth-order valence-electron chi connectivity index (χ4n) is 5.73. The Morgan fingerprint density at radius 2 is 1.83 bits per heavy atom. The van der Waals surface area contributed by atoms with Gasteiger partial charge in [-0.25, -0.2) is 0 Å². The topological polar surface area (TPSA) is 26.3 Å². The molecule has 0 saturated heterocycles. The largest absolute Gasteiger partial charge is 0.468 e. The molecule has 2 heteroatoms. The highest BCUT2D eigenvalue weighted by Gasteiger charge is 2.55. The average molecular weight is 250 g/mol. The molecule has 7 unspecified atom stereocenters. The molecule has 3 aliphatic rings. The van der Waals surface area contributed by atoms with Gasteiger partial charge >= 0.3 is 0 Å². The van der Waals surface area contributed by atoms with E-state index in [1.807, 2.05) is 0 Å². The fourth-order valence-corrected chi connectivity index (χ4v) is 5.73. The van der Waals surface area contributed by atoms with Crippen molar-refractivity contribution < 1.29 is 9.53 Å². The second-order valence-corrected chi connectivity index (χ2v) is 7.13. The minimum Gasteiger partial charge on any atom is -0.468 e. The van der Waals surface area contributed by atoms with E-state index in [0.717, 1.165) is 35.5 Å². The smallest absolute Gasteiger partial charge is 0.293 e. The number of carbonyl (C=O) groups excluding carboxylic acids is 1. The Morgan fingerprint density at radius 1 is 1.11 bits per heavy atom. The van der Waals surface area contributed by atoms with Crippen LogP contribution < -0.4 is 0 Å². The predicted molar refractivity (Wildman–Crippen MR) is 70.9 cm³/mol. The third-order valence-corrected chi connectivity index (χ3v) is 6.28. The summed E-state index contributed by atoms with van der Waals surface area (Å²) in [5.41, 5.74) is 0. The highest BCUT2D eigenvalue weighted by Crippen LogP contribution is 2.61. The first-order valence-electron chi connectivity index (χ1n) is 7.77. The molecule has 0 spiro atoms. The van der Waals surface area contributed by atoms with E-state index in [1.165, 1.54) is 32.1 Å². The Labute approximate surface area is 110 Å². The van der Waals surface area contributed by atoms with Gasteiger partial charge in [0.1, 0.15) is 0 Å². The van der Waals surface area contributed by atoms with Gasteiger partial charge in [0.15, 0.2) is 0 Å². The molecule has 0 aliphatic heterocycles. The maximum Gasteiger partial charge on any atom is 0.293 e. The van der Waals surface area contributed by atoms with Gasteiger partial charge in [-0.05, 0) is 54.3 Å². The Kier molecular flexibility index (Phi) is 3.38. The zero-order valence-electron chi connectivity index (χ0n) is 11.7. The van der Waals surface area contributed by atoms with E-state index in [9.17, 15) is 4.79 Å². The van der Waals surface area contributed by atoms with Crippen molar-refractivity contribution in [2.24, 2.45) is 41.4 Å². The first-order valence-corrected chi connectivity index (χ1v) is 7.77. The molecule has 3 rings (SSSR count). The third kappa shape index (κ3) is 1.88. The van der Waals surface area contributed by atoms with E-state index >= 15 is 0 Å². The number of fused-ring (bicyclic) bond motifs is 5. The van der Waals surface area contributed by atoms with Gasteiger partial charge in [0, 0.05) is 0 Å². The molecule has 0 amide bonds. The quantitative estimate of drug-likeness (QED) is 0.717. The van der Waals surface area contributed by atoms with Crippen LogP contribution in [0.1, 0.15) is 46.0 Å². The lowest BCUT2D eigenvalue weighted by Crippen LogP contribution is -2.36. The van der Waals surface area contributed by atoms with Crippen molar-refractivity contribution in [1.29, 1.82) is 0 Å². The van der Waals surface area contributed by atoms with Gasteiger partial charge in [0.2, 0.25) is 0 Å². The van der Waals surface area contributed by atoms with Gasteiger partial charge in [-0.1, -0.05) is 33.1 Å². The molecule has 0 radical (unpaired) electrons. The molecule has 0 N–H and O–H groups in total. The van der Waals surface area contributed by atoms with Crippen LogP contribution in [0.3, 0.4) is 0 Å². The lowest BCUT2D eigenvalue weighted by Gasteiger charge is -2.40. The summed E-state index contributed by atoms with van der Waals surface area (Å²) >= 11 is 0. The molecule has 18 heavy (non-hydrogen) atoms. The molecule has 0 aromatic heterocycles. The summed E-state index contributed by atoms with van der Waals surface area (Å²) in [6, 6.07) is 0. The second-order valence-electron chi connectivity index (χ2n) is 7.13. The molecule has 7 atom stereocenters. The van der Waals surface area contributed by atoms with Crippen LogP contribution in [0.5, 0.6) is 0 Å². The Hall–Kier alpha value is -0.530. The maximum absolute atomic E-state index is 10.4. The Bertz CT molecular complexity index is 314. The van der Waals surface area contributed by atoms with Crippen molar-refractivity contribution in [3.63, 3.8) is 0 Å². The summed E-state index contributed by atoms with van der Waals surface area (Å²) in [6.07, 6.45) is 7.00. The van der Waals surface area contributed by atoms with Crippen LogP contribution in [-0.2, 0) is 9.53 Å². The van der Waals surface area contributed by atoms with Crippen LogP contribution in [-0.4, -0.2) is 13.1 Å². The van der Waals surface area contributed by atoms with Crippen LogP contribution in [0.15, 0.2) is 0 Å². The molecule has 102 valence electrons. The summed E-state index contributed by atoms with van der Waals surface area (Å²) in [7, 11) is 0. The monoisotopic (exact) mass is 250 g/mol. The number of hydrogen-bond acceptors (Lipinski definition) is 2. The molecule has 2 nitrogen and oxygen atoms in total. The molecule has 0 aromatic rings. The summed E-state index contributed by atoms with van der Waals surface area (Å²) in [5.74, 6) is 6.12. The van der Waals surface area contributed by atoms with Gasteiger partial charge in [-0.15, -0.1) is 0 Å². The molecule has 2 bridgehead atoms. The lowest BCUT2D eigenvalue weighted by atomic mass is 9.66. The number of ether oxygens (including phenoxy) is 1. The van der Waals surface area contributed by atoms with Gasteiger partial charge in [-0.2, -0.15) is 0 Å². The first kappa shape index (κ1) is 12.5. The lowest BCUT2D eigenvalue weighted by molar-refractivity contribution is -0.131. The van der Waals surface area contributed by atoms with Crippen molar-refractivity contribution in [2.75, 3.05) is 6.61 Å². The standard InChI is InChI=1S/C16H26O2/c1-10-4-3-5-11(2)16-14-7-12(15(10)16)6-13(14)8-18-9-17/h9-16H,3-8H2,1-2H3. The van der Waals surface area contributed by atoms with E-state index in [-0.39, 0.29) is 0 Å². The second kappa shape index (κ2) is 4.86. The summed E-state index contributed by atoms with van der Waals surface area (Å²) in [4.78, 5) is 10.4. The van der Waals surface area contributed by atoms with Crippen molar-refractivity contribution in [2.45, 2.75) is 46.0 Å². The number of carbonyl (C=O) groups is 1. The summed E-state index contributed by atoms with van der Waals surface area (Å²) in [6.45, 7) is 6.25. The number of rotatable bonds is 3. The van der Waals surface area contributed by atoms with Gasteiger partial charge in [0.05, 0.1) is 6.61 Å². The highest BCUT2D eigenvalue weighted by molar-refractivity contribution is 5.36. The van der Waals surface area contributed by atoms with Crippen LogP contribution in [0, 0.1) is 41.4 Å².